The molecule has 0 aromatic heterocycles. The molecule has 0 rings (SSSR count). The number of rotatable bonds is 11. The van der Waals surface area contributed by atoms with Crippen molar-refractivity contribution in [1.29, 1.82) is 0 Å². The number of carbonyl (C=O) groups is 1. The largest absolute Gasteiger partial charge is 0.480 e. The Balaban J connectivity index is -0.00000112. The maximum Gasteiger partial charge on any atom is 0.320 e. The van der Waals surface area contributed by atoms with Crippen LogP contribution in [-0.2, 0) is 4.79 Å². The number of nitrogens with one attached hydrogen (secondary N) is 1. The van der Waals surface area contributed by atoms with Crippen LogP contribution in [0.4, 0.5) is 0 Å². The third kappa shape index (κ3) is 15.9. The van der Waals surface area contributed by atoms with Crippen molar-refractivity contribution in [3.05, 3.63) is 0 Å². The second-order valence-corrected chi connectivity index (χ2v) is 4.04. The quantitative estimate of drug-likeness (QED) is 0.429. The van der Waals surface area contributed by atoms with Gasteiger partial charge in [0.25, 0.3) is 0 Å². The average Bonchev–Trinajstić information content (AvgIpc) is 2.26. The molecule has 0 heterocycles. The van der Waals surface area contributed by atoms with Crippen molar-refractivity contribution in [2.24, 2.45) is 11.5 Å². The highest BCUT2D eigenvalue weighted by atomic mass is 35.5. The van der Waals surface area contributed by atoms with Crippen LogP contribution >= 0.6 is 24.8 Å². The van der Waals surface area contributed by atoms with Crippen LogP contribution in [0.15, 0.2) is 0 Å². The summed E-state index contributed by atoms with van der Waals surface area (Å²) in [6.07, 6.45) is 6.02. The zero-order valence-corrected chi connectivity index (χ0v) is 12.4. The van der Waals surface area contributed by atoms with E-state index in [-0.39, 0.29) is 24.8 Å². The summed E-state index contributed by atoms with van der Waals surface area (Å²) in [6.45, 7) is 2.62. The van der Waals surface area contributed by atoms with E-state index in [2.05, 4.69) is 5.32 Å². The Kier molecular flexibility index (Phi) is 21.7. The fourth-order valence-electron chi connectivity index (χ4n) is 1.44. The standard InChI is InChI=1S/C11H25N3O2.2ClH/c12-7-3-1-2-4-8-14-9-5-6-10(13)11(15)16;;/h10,14H,1-9,12-13H2,(H,15,16);2*1H/t10-;;/m0../s1. The van der Waals surface area contributed by atoms with Gasteiger partial charge in [0.15, 0.2) is 0 Å². The number of nitrogens with two attached hydrogens (primary N) is 2. The minimum Gasteiger partial charge on any atom is -0.480 e. The smallest absolute Gasteiger partial charge is 0.320 e. The molecule has 112 valence electrons. The van der Waals surface area contributed by atoms with Gasteiger partial charge in [0.2, 0.25) is 0 Å². The minimum atomic E-state index is -0.915. The molecule has 0 saturated carbocycles. The van der Waals surface area contributed by atoms with Crippen LogP contribution in [0.2, 0.25) is 0 Å². The summed E-state index contributed by atoms with van der Waals surface area (Å²) in [5.74, 6) is -0.915. The van der Waals surface area contributed by atoms with Crippen molar-refractivity contribution in [2.75, 3.05) is 19.6 Å². The molecule has 5 nitrogen and oxygen atoms in total. The fraction of sp³-hybridized carbons (Fsp3) is 0.909. The van der Waals surface area contributed by atoms with Gasteiger partial charge in [-0.3, -0.25) is 4.79 Å². The topological polar surface area (TPSA) is 101 Å². The van der Waals surface area contributed by atoms with Crippen molar-refractivity contribution < 1.29 is 9.90 Å². The van der Waals surface area contributed by atoms with E-state index in [0.29, 0.717) is 6.42 Å². The van der Waals surface area contributed by atoms with Gasteiger partial charge in [0.05, 0.1) is 0 Å². The predicted octanol–water partition coefficient (Wildman–Crippen LogP) is 1.13. The lowest BCUT2D eigenvalue weighted by molar-refractivity contribution is -0.138. The monoisotopic (exact) mass is 303 g/mol. The Labute approximate surface area is 122 Å². The number of carboxylic acids is 1. The summed E-state index contributed by atoms with van der Waals surface area (Å²) >= 11 is 0. The molecule has 0 amide bonds. The van der Waals surface area contributed by atoms with E-state index in [1.807, 2.05) is 0 Å². The Hall–Kier alpha value is -0.0700. The summed E-state index contributed by atoms with van der Waals surface area (Å²) in [5, 5.41) is 11.8. The van der Waals surface area contributed by atoms with Crippen LogP contribution in [0.5, 0.6) is 0 Å². The van der Waals surface area contributed by atoms with Gasteiger partial charge in [0, 0.05) is 0 Å². The molecule has 0 aromatic rings. The number of hydrogen-bond acceptors (Lipinski definition) is 4. The molecule has 0 saturated heterocycles. The van der Waals surface area contributed by atoms with E-state index in [1.165, 1.54) is 12.8 Å². The Bertz CT molecular complexity index is 186. The minimum absolute atomic E-state index is 0. The first kappa shape index (κ1) is 23.1. The molecule has 0 radical (unpaired) electrons. The van der Waals surface area contributed by atoms with Gasteiger partial charge in [-0.1, -0.05) is 12.8 Å². The van der Waals surface area contributed by atoms with E-state index in [9.17, 15) is 4.79 Å². The molecule has 0 unspecified atom stereocenters. The van der Waals surface area contributed by atoms with Gasteiger partial charge in [-0.05, 0) is 45.3 Å². The van der Waals surface area contributed by atoms with Crippen LogP contribution in [0.3, 0.4) is 0 Å². The highest BCUT2D eigenvalue weighted by Gasteiger charge is 2.09. The molecule has 0 aromatic carbocycles. The first-order valence-corrected chi connectivity index (χ1v) is 6.07. The van der Waals surface area contributed by atoms with E-state index >= 15 is 0 Å². The van der Waals surface area contributed by atoms with Gasteiger partial charge >= 0.3 is 5.97 Å². The number of aliphatic carboxylic acids is 1. The Morgan fingerprint density at radius 3 is 2.17 bits per heavy atom. The van der Waals surface area contributed by atoms with Gasteiger partial charge < -0.3 is 21.9 Å². The van der Waals surface area contributed by atoms with Crippen LogP contribution in [0.1, 0.15) is 38.5 Å². The maximum atomic E-state index is 10.4. The SMILES string of the molecule is Cl.Cl.NCCCCCCNCCC[C@H](N)C(=O)O. The molecule has 1 atom stereocenters. The number of carboxylic acid groups (broad SMARTS) is 1. The molecule has 7 heteroatoms. The van der Waals surface area contributed by atoms with Crippen molar-refractivity contribution in [1.82, 2.24) is 5.32 Å². The maximum absolute atomic E-state index is 10.4. The summed E-state index contributed by atoms with van der Waals surface area (Å²) in [7, 11) is 0. The first-order valence-electron chi connectivity index (χ1n) is 6.07. The number of unbranched alkanes of at least 4 members (excludes halogenated alkanes) is 3. The van der Waals surface area contributed by atoms with Gasteiger partial charge in [-0.25, -0.2) is 0 Å². The van der Waals surface area contributed by atoms with Crippen LogP contribution in [-0.4, -0.2) is 36.8 Å². The number of halogens is 2. The molecule has 0 aliphatic rings. The fourth-order valence-corrected chi connectivity index (χ4v) is 1.44. The Morgan fingerprint density at radius 1 is 1.06 bits per heavy atom. The van der Waals surface area contributed by atoms with Crippen LogP contribution in [0.25, 0.3) is 0 Å². The van der Waals surface area contributed by atoms with E-state index in [1.54, 1.807) is 0 Å². The zero-order chi connectivity index (χ0) is 12.2. The summed E-state index contributed by atoms with van der Waals surface area (Å²) < 4.78 is 0. The lowest BCUT2D eigenvalue weighted by Crippen LogP contribution is -2.31. The number of hydrogen-bond donors (Lipinski definition) is 4. The molecule has 0 bridgehead atoms. The van der Waals surface area contributed by atoms with Gasteiger partial charge in [-0.15, -0.1) is 24.8 Å². The molecular formula is C11H27Cl2N3O2. The van der Waals surface area contributed by atoms with Gasteiger partial charge in [-0.2, -0.15) is 0 Å². The van der Waals surface area contributed by atoms with E-state index < -0.39 is 12.0 Å². The van der Waals surface area contributed by atoms with E-state index in [0.717, 1.165) is 38.9 Å². The van der Waals surface area contributed by atoms with Crippen molar-refractivity contribution in [3.8, 4) is 0 Å². The highest BCUT2D eigenvalue weighted by molar-refractivity contribution is 5.85. The highest BCUT2D eigenvalue weighted by Crippen LogP contribution is 1.97. The summed E-state index contributed by atoms with van der Waals surface area (Å²) in [5.41, 5.74) is 10.8. The van der Waals surface area contributed by atoms with Gasteiger partial charge in [0.1, 0.15) is 6.04 Å². The molecule has 18 heavy (non-hydrogen) atoms. The van der Waals surface area contributed by atoms with Crippen molar-refractivity contribution in [2.45, 2.75) is 44.6 Å². The molecule has 0 fully saturated rings. The van der Waals surface area contributed by atoms with Crippen LogP contribution in [0, 0.1) is 0 Å². The van der Waals surface area contributed by atoms with Crippen molar-refractivity contribution in [3.63, 3.8) is 0 Å². The lowest BCUT2D eigenvalue weighted by atomic mass is 10.1. The molecule has 0 spiro atoms. The second-order valence-electron chi connectivity index (χ2n) is 4.04. The molecule has 0 aliphatic heterocycles. The first-order chi connectivity index (χ1) is 7.68. The summed E-state index contributed by atoms with van der Waals surface area (Å²) in [4.78, 5) is 10.4. The third-order valence-electron chi connectivity index (χ3n) is 2.49. The zero-order valence-electron chi connectivity index (χ0n) is 10.8. The lowest BCUT2D eigenvalue weighted by Gasteiger charge is -2.07. The molecule has 0 aliphatic carbocycles. The molecular weight excluding hydrogens is 277 g/mol. The predicted molar refractivity (Wildman–Crippen MR) is 79.7 cm³/mol. The normalized spacial score (nSPS) is 11.2. The second kappa shape index (κ2) is 16.9. The summed E-state index contributed by atoms with van der Waals surface area (Å²) in [6, 6.07) is -0.716. The average molecular weight is 304 g/mol. The Morgan fingerprint density at radius 2 is 1.61 bits per heavy atom. The van der Waals surface area contributed by atoms with Crippen molar-refractivity contribution >= 4 is 30.8 Å². The van der Waals surface area contributed by atoms with E-state index in [4.69, 9.17) is 16.6 Å². The third-order valence-corrected chi connectivity index (χ3v) is 2.49. The van der Waals surface area contributed by atoms with Crippen LogP contribution < -0.4 is 16.8 Å². The molecule has 6 N–H and O–H groups in total.